The van der Waals surface area contributed by atoms with Crippen LogP contribution < -0.4 is 108 Å². The Hall–Kier alpha value is -11.2. The zero-order valence-corrected chi connectivity index (χ0v) is 70.2. The number of amides is 13. The first-order chi connectivity index (χ1) is 56.2. The van der Waals surface area contributed by atoms with Crippen molar-refractivity contribution in [1.29, 1.82) is 16.2 Å². The number of aliphatic carboxylic acids is 2. The zero-order valence-electron chi connectivity index (χ0n) is 68.4. The molecular weight excluding hydrogens is 1590 g/mol. The molecule has 0 saturated carbocycles. The number of imidazole rings is 1. The number of hydrogen-bond donors (Lipinski definition) is 29. The summed E-state index contributed by atoms with van der Waals surface area (Å²) in [5.74, 6) is -18.7. The molecule has 2 heterocycles. The monoisotopic (exact) mass is 1710 g/mol. The van der Waals surface area contributed by atoms with Gasteiger partial charge in [-0.3, -0.25) is 83.4 Å². The van der Waals surface area contributed by atoms with Gasteiger partial charge in [0.25, 0.3) is 0 Å². The molecule has 1 fully saturated rings. The SMILES string of the molecule is CC[C@H](C)[C@H](NC(=O)[C@H](CCCNC(=N)N)NC(=O)[C@H](CCCNC(=N)N)NC(=O)[C@@H](NC(=O)[C@@H](NC(=O)[C@H](CCCNC(=N)N)NC(=O)[C@H](CS)NC(=O)CNC(=O)[C@H](Cc1ccc(O)cc1)NC(=O)[C@@H]1CCCN1)C(C)C)[C@@H](C)CC)C(=O)N[C@@H](CC(C)C)C(=O)N[C@@H](CCC(=O)O)C(=O)N[C@@H](Cc1c[nH]cn1)C(=O)N[C@@H](CS)C(=O)O. The van der Waals surface area contributed by atoms with Crippen molar-refractivity contribution in [3.8, 4) is 5.75 Å². The fraction of sp³-hybridized carbons (Fsp3) is 0.635. The maximum Gasteiger partial charge on any atom is 0.327 e. The van der Waals surface area contributed by atoms with E-state index in [1.165, 1.54) is 24.7 Å². The van der Waals surface area contributed by atoms with Crippen LogP contribution in [0.15, 0.2) is 36.8 Å². The van der Waals surface area contributed by atoms with Crippen LogP contribution in [0.3, 0.4) is 0 Å². The summed E-state index contributed by atoms with van der Waals surface area (Å²) in [5.41, 5.74) is 17.5. The standard InChI is InChI=1S/C74H123N25O18S2/c1-9-39(7)57(70(115)95-49(29-37(3)4)65(110)91-48(23-24-55(102)103)62(107)94-51(31-42-32-81-36-87-42)66(111)96-53(35-119)71(116)117)98-64(109)47(18-14-28-85-74(79)80)89-61(106)45(16-12-26-83-72(75)76)92-69(114)58(40(8)10-2)99-68(113)56(38(5)6)97-63(108)46(17-13-27-84-73(77)78)90-67(112)52(34-118)88-54(101)33-86-59(104)50(30-41-19-21-43(100)22-20-41)93-60(105)44-15-11-25-82-44/h19-22,32,36-40,44-53,56-58,82,100,118-119H,9-18,23-31,33-35H2,1-8H3,(H,81,87)(H,86,104)(H,88,101)(H,89,106)(H,90,112)(H,91,110)(H,92,114)(H,93,105)(H,94,107)(H,95,115)(H,96,111)(H,97,108)(H,98,109)(H,99,113)(H,102,103)(H,116,117)(H4,75,76,83)(H4,77,78,84)(H4,79,80,85)/t39-,40-,44-,45-,46-,47-,48-,49-,50-,51-,52-,53-,56-,57-,58-/m0/s1. The number of aromatic nitrogens is 2. The van der Waals surface area contributed by atoms with Crippen LogP contribution in [0.4, 0.5) is 0 Å². The van der Waals surface area contributed by atoms with Gasteiger partial charge in [-0.1, -0.05) is 80.4 Å². The van der Waals surface area contributed by atoms with E-state index in [0.29, 0.717) is 18.5 Å². The highest BCUT2D eigenvalue weighted by molar-refractivity contribution is 7.80. The number of guanidine groups is 3. The Morgan fingerprint density at radius 1 is 0.496 bits per heavy atom. The lowest BCUT2D eigenvalue weighted by Crippen LogP contribution is -2.62. The fourth-order valence-corrected chi connectivity index (χ4v) is 12.7. The maximum absolute atomic E-state index is 14.9. The van der Waals surface area contributed by atoms with Crippen LogP contribution in [0, 0.1) is 39.9 Å². The minimum absolute atomic E-state index is 0.00116. The van der Waals surface area contributed by atoms with Crippen molar-refractivity contribution in [2.24, 2.45) is 40.9 Å². The van der Waals surface area contributed by atoms with Crippen LogP contribution >= 0.6 is 25.3 Å². The second-order valence-corrected chi connectivity index (χ2v) is 30.5. The first kappa shape index (κ1) is 102. The Morgan fingerprint density at radius 2 is 0.908 bits per heavy atom. The van der Waals surface area contributed by atoms with Gasteiger partial charge in [0, 0.05) is 56.6 Å². The molecule has 3 rings (SSSR count). The number of rotatable bonds is 55. The second-order valence-electron chi connectivity index (χ2n) is 29.8. The molecule has 13 amide bonds. The third-order valence-corrected chi connectivity index (χ3v) is 20.1. The summed E-state index contributed by atoms with van der Waals surface area (Å²) >= 11 is 8.27. The van der Waals surface area contributed by atoms with Crippen molar-refractivity contribution in [3.05, 3.63) is 48.0 Å². The molecule has 664 valence electrons. The van der Waals surface area contributed by atoms with Crippen molar-refractivity contribution in [2.45, 2.75) is 230 Å². The fourth-order valence-electron chi connectivity index (χ4n) is 12.2. The normalized spacial score (nSPS) is 15.9. The number of carboxylic acids is 2. The molecule has 2 aromatic rings. The number of H-pyrrole nitrogens is 1. The molecule has 0 unspecified atom stereocenters. The maximum atomic E-state index is 14.9. The van der Waals surface area contributed by atoms with E-state index in [4.69, 9.17) is 33.4 Å². The van der Waals surface area contributed by atoms with Gasteiger partial charge >= 0.3 is 11.9 Å². The Balaban J connectivity index is 1.95. The topological polar surface area (TPSA) is 700 Å². The van der Waals surface area contributed by atoms with Crippen LogP contribution in [0.25, 0.3) is 0 Å². The molecule has 0 bridgehead atoms. The summed E-state index contributed by atoms with van der Waals surface area (Å²) in [5, 5.41) is 96.9. The molecule has 43 nitrogen and oxygen atoms in total. The highest BCUT2D eigenvalue weighted by Crippen LogP contribution is 2.18. The van der Waals surface area contributed by atoms with Gasteiger partial charge in [0.1, 0.15) is 78.3 Å². The number of nitrogens with zero attached hydrogens (tertiary/aromatic N) is 1. The van der Waals surface area contributed by atoms with Crippen molar-refractivity contribution in [2.75, 3.05) is 44.2 Å². The number of nitrogens with one attached hydrogen (secondary N) is 21. The minimum Gasteiger partial charge on any atom is -0.508 e. The number of benzene rings is 1. The Labute approximate surface area is 701 Å². The first-order valence-corrected chi connectivity index (χ1v) is 40.8. The average molecular weight is 1720 g/mol. The highest BCUT2D eigenvalue weighted by atomic mass is 32.1. The number of phenolic OH excluding ortho intramolecular Hbond substituents is 1. The van der Waals surface area contributed by atoms with Crippen LogP contribution in [-0.2, 0) is 84.8 Å². The van der Waals surface area contributed by atoms with Crippen LogP contribution in [-0.4, -0.2) is 255 Å². The largest absolute Gasteiger partial charge is 0.508 e. The Bertz CT molecular complexity index is 3740. The number of carboxylic acid groups (broad SMARTS) is 2. The number of phenols is 1. The van der Waals surface area contributed by atoms with Crippen LogP contribution in [0.5, 0.6) is 5.75 Å². The molecule has 0 radical (unpaired) electrons. The molecule has 1 aromatic heterocycles. The number of carbonyl (C=O) groups is 15. The predicted molar refractivity (Wildman–Crippen MR) is 444 cm³/mol. The van der Waals surface area contributed by atoms with Gasteiger partial charge in [-0.05, 0) is 112 Å². The molecule has 0 aliphatic carbocycles. The quantitative estimate of drug-likeness (QED) is 0.0128. The summed E-state index contributed by atoms with van der Waals surface area (Å²) in [6.45, 7) is 13.2. The van der Waals surface area contributed by atoms with Gasteiger partial charge in [0.2, 0.25) is 76.8 Å². The molecule has 45 heteroatoms. The van der Waals surface area contributed by atoms with Crippen molar-refractivity contribution < 1.29 is 87.2 Å². The summed E-state index contributed by atoms with van der Waals surface area (Å²) in [7, 11) is 0. The minimum atomic E-state index is -1.68. The van der Waals surface area contributed by atoms with E-state index in [9.17, 15) is 87.2 Å². The number of hydrogen-bond acceptors (Lipinski definition) is 23. The summed E-state index contributed by atoms with van der Waals surface area (Å²) in [6, 6.07) is -12.2. The van der Waals surface area contributed by atoms with Gasteiger partial charge < -0.3 is 128 Å². The first-order valence-electron chi connectivity index (χ1n) is 39.5. The highest BCUT2D eigenvalue weighted by Gasteiger charge is 2.40. The number of carbonyl (C=O) groups excluding carboxylic acids is 13. The second kappa shape index (κ2) is 53.2. The van der Waals surface area contributed by atoms with Gasteiger partial charge in [0.05, 0.1) is 24.6 Å². The lowest BCUT2D eigenvalue weighted by Gasteiger charge is -2.31. The smallest absolute Gasteiger partial charge is 0.327 e. The third-order valence-electron chi connectivity index (χ3n) is 19.3. The predicted octanol–water partition coefficient (Wildman–Crippen LogP) is -5.02. The molecule has 119 heavy (non-hydrogen) atoms. The van der Waals surface area contributed by atoms with Gasteiger partial charge in [-0.25, -0.2) is 9.78 Å². The van der Waals surface area contributed by atoms with Gasteiger partial charge in [-0.2, -0.15) is 25.3 Å². The summed E-state index contributed by atoms with van der Waals surface area (Å²) < 4.78 is 0. The zero-order chi connectivity index (χ0) is 89.2. The molecule has 1 aliphatic rings. The Kier molecular flexibility index (Phi) is 45.6. The van der Waals surface area contributed by atoms with E-state index >= 15 is 0 Å². The van der Waals surface area contributed by atoms with Crippen LogP contribution in [0.2, 0.25) is 0 Å². The number of nitrogens with two attached hydrogens (primary N) is 3. The summed E-state index contributed by atoms with van der Waals surface area (Å²) in [6.07, 6.45) is 2.49. The molecule has 15 atom stereocenters. The number of aromatic amines is 1. The molecule has 1 saturated heterocycles. The van der Waals surface area contributed by atoms with E-state index in [1.807, 2.05) is 0 Å². The van der Waals surface area contributed by atoms with E-state index < -0.39 is 222 Å². The van der Waals surface area contributed by atoms with E-state index in [2.05, 4.69) is 126 Å². The molecule has 1 aromatic carbocycles. The van der Waals surface area contributed by atoms with E-state index in [1.54, 1.807) is 67.5 Å². The molecular formula is C74H123N25O18S2. The molecule has 1 aliphatic heterocycles. The van der Waals surface area contributed by atoms with Gasteiger partial charge in [0.15, 0.2) is 17.9 Å². The lowest BCUT2D eigenvalue weighted by atomic mass is 9.95. The van der Waals surface area contributed by atoms with Gasteiger partial charge in [-0.15, -0.1) is 0 Å². The van der Waals surface area contributed by atoms with Crippen molar-refractivity contribution in [3.63, 3.8) is 0 Å². The Morgan fingerprint density at radius 3 is 1.34 bits per heavy atom. The van der Waals surface area contributed by atoms with E-state index in [0.717, 1.165) is 6.42 Å². The van der Waals surface area contributed by atoms with Crippen LogP contribution in [0.1, 0.15) is 150 Å². The average Bonchev–Trinajstić information content (AvgIpc) is 1.25. The van der Waals surface area contributed by atoms with Crippen molar-refractivity contribution >= 4 is 132 Å². The number of aromatic hydroxyl groups is 1. The summed E-state index contributed by atoms with van der Waals surface area (Å²) in [4.78, 5) is 216. The molecule has 30 N–H and O–H groups in total. The lowest BCUT2D eigenvalue weighted by molar-refractivity contribution is -0.141. The third kappa shape index (κ3) is 37.9. The number of thiol groups is 2. The molecule has 0 spiro atoms. The van der Waals surface area contributed by atoms with Crippen molar-refractivity contribution in [1.82, 2.24) is 100 Å². The van der Waals surface area contributed by atoms with E-state index in [-0.39, 0.29) is 119 Å².